The molecule has 1 saturated heterocycles. The van der Waals surface area contributed by atoms with Crippen LogP contribution in [0.1, 0.15) is 52.7 Å². The number of benzene rings is 4. The van der Waals surface area contributed by atoms with Crippen molar-refractivity contribution < 1.29 is 23.4 Å². The molecule has 4 aromatic carbocycles. The van der Waals surface area contributed by atoms with Crippen molar-refractivity contribution in [2.24, 2.45) is 0 Å². The summed E-state index contributed by atoms with van der Waals surface area (Å²) >= 11 is 0. The topological polar surface area (TPSA) is 97.8 Å². The van der Waals surface area contributed by atoms with Crippen LogP contribution in [-0.2, 0) is 6.61 Å². The summed E-state index contributed by atoms with van der Waals surface area (Å²) in [6, 6.07) is 27.4. The van der Waals surface area contributed by atoms with Crippen molar-refractivity contribution >= 4 is 23.2 Å². The van der Waals surface area contributed by atoms with Gasteiger partial charge in [-0.25, -0.2) is 9.37 Å². The molecule has 5 aromatic rings. The molecule has 10 heteroatoms. The highest BCUT2D eigenvalue weighted by atomic mass is 19.1. The number of nitrogens with zero attached hydrogens (tertiary/aromatic N) is 3. The van der Waals surface area contributed by atoms with Crippen molar-refractivity contribution in [2.75, 3.05) is 36.9 Å². The number of piperidine rings is 1. The van der Waals surface area contributed by atoms with Crippen molar-refractivity contribution in [1.82, 2.24) is 14.9 Å². The number of para-hydroxylation sites is 3. The van der Waals surface area contributed by atoms with Gasteiger partial charge in [-0.15, -0.1) is 0 Å². The maximum atomic E-state index is 15.1. The third-order valence-corrected chi connectivity index (χ3v) is 8.52. The van der Waals surface area contributed by atoms with E-state index in [9.17, 15) is 4.79 Å². The van der Waals surface area contributed by atoms with E-state index >= 15 is 4.39 Å². The standard InChI is InChI=1S/C40H42FN5O4/c1-28-13-11-14-29(2)37(28)44-38(47)32-26-42-40(43-31-19-20-34(33(41)25-31)48-24-12-23-46-21-9-4-10-22-46)45-39(32)50-36-18-8-7-17-35(36)49-27-30-15-5-3-6-16-30/h3,5-8,11,13-20,25-26H,4,9-10,12,21-24,27H2,1-2H3,(H,44,47)(H,42,43,45). The molecule has 0 radical (unpaired) electrons. The fourth-order valence-corrected chi connectivity index (χ4v) is 5.82. The van der Waals surface area contributed by atoms with Crippen LogP contribution in [0.4, 0.5) is 21.7 Å². The van der Waals surface area contributed by atoms with E-state index in [0.717, 1.165) is 42.7 Å². The maximum absolute atomic E-state index is 15.1. The van der Waals surface area contributed by atoms with Crippen LogP contribution in [0.15, 0.2) is 97.2 Å². The number of aryl methyl sites for hydroxylation is 2. The molecule has 2 heterocycles. The van der Waals surface area contributed by atoms with Gasteiger partial charge >= 0.3 is 0 Å². The van der Waals surface area contributed by atoms with E-state index in [0.29, 0.717) is 36.1 Å². The number of anilines is 3. The van der Waals surface area contributed by atoms with Crippen LogP contribution in [0.3, 0.4) is 0 Å². The van der Waals surface area contributed by atoms with Gasteiger partial charge in [0.1, 0.15) is 12.2 Å². The van der Waals surface area contributed by atoms with Gasteiger partial charge in [-0.2, -0.15) is 4.98 Å². The average Bonchev–Trinajstić information content (AvgIpc) is 3.13. The molecule has 1 aliphatic rings. The molecule has 1 aromatic heterocycles. The Morgan fingerprint density at radius 2 is 1.58 bits per heavy atom. The van der Waals surface area contributed by atoms with Gasteiger partial charge in [-0.1, -0.05) is 67.1 Å². The molecule has 258 valence electrons. The number of amides is 1. The molecule has 0 spiro atoms. The third kappa shape index (κ3) is 9.15. The molecule has 50 heavy (non-hydrogen) atoms. The molecule has 1 aliphatic heterocycles. The van der Waals surface area contributed by atoms with Gasteiger partial charge in [0.05, 0.1) is 6.61 Å². The summed E-state index contributed by atoms with van der Waals surface area (Å²) in [6.45, 7) is 7.80. The molecular formula is C40H42FN5O4. The van der Waals surface area contributed by atoms with Gasteiger partial charge in [-0.3, -0.25) is 4.79 Å². The minimum absolute atomic E-state index is 0.00358. The number of hydrogen-bond donors (Lipinski definition) is 2. The molecule has 0 saturated carbocycles. The number of aromatic nitrogens is 2. The highest BCUT2D eigenvalue weighted by Gasteiger charge is 2.21. The van der Waals surface area contributed by atoms with Crippen LogP contribution < -0.4 is 24.8 Å². The summed E-state index contributed by atoms with van der Waals surface area (Å²) in [5.74, 6) is 0.181. The first kappa shape index (κ1) is 34.4. The number of carbonyl (C=O) groups excluding carboxylic acids is 1. The molecule has 0 bridgehead atoms. The molecule has 9 nitrogen and oxygen atoms in total. The fourth-order valence-electron chi connectivity index (χ4n) is 5.82. The van der Waals surface area contributed by atoms with E-state index in [2.05, 4.69) is 25.5 Å². The molecule has 6 rings (SSSR count). The lowest BCUT2D eigenvalue weighted by Crippen LogP contribution is -2.31. The first-order valence-corrected chi connectivity index (χ1v) is 17.0. The highest BCUT2D eigenvalue weighted by molar-refractivity contribution is 6.06. The molecule has 2 N–H and O–H groups in total. The Morgan fingerprint density at radius 1 is 0.840 bits per heavy atom. The smallest absolute Gasteiger partial charge is 0.262 e. The molecule has 1 fully saturated rings. The molecular weight excluding hydrogens is 633 g/mol. The minimum Gasteiger partial charge on any atom is -0.490 e. The fraction of sp³-hybridized carbons (Fsp3) is 0.275. The molecule has 0 atom stereocenters. The van der Waals surface area contributed by atoms with Crippen molar-refractivity contribution in [3.63, 3.8) is 0 Å². The lowest BCUT2D eigenvalue weighted by atomic mass is 10.1. The van der Waals surface area contributed by atoms with Gasteiger partial charge in [0.15, 0.2) is 23.1 Å². The number of carbonyl (C=O) groups is 1. The van der Waals surface area contributed by atoms with Gasteiger partial charge in [-0.05, 0) is 87.2 Å². The monoisotopic (exact) mass is 675 g/mol. The number of rotatable bonds is 14. The summed E-state index contributed by atoms with van der Waals surface area (Å²) in [4.78, 5) is 25.1. The number of likely N-dealkylation sites (tertiary alicyclic amines) is 1. The van der Waals surface area contributed by atoms with Gasteiger partial charge < -0.3 is 29.7 Å². The summed E-state index contributed by atoms with van der Waals surface area (Å²) in [7, 11) is 0. The largest absolute Gasteiger partial charge is 0.490 e. The lowest BCUT2D eigenvalue weighted by molar-refractivity contribution is 0.102. The quantitative estimate of drug-likeness (QED) is 0.113. The van der Waals surface area contributed by atoms with Crippen molar-refractivity contribution in [3.05, 3.63) is 125 Å². The number of ether oxygens (including phenoxy) is 3. The Labute approximate surface area is 292 Å². The Balaban J connectivity index is 1.20. The van der Waals surface area contributed by atoms with Crippen LogP contribution in [0.5, 0.6) is 23.1 Å². The van der Waals surface area contributed by atoms with Crippen LogP contribution in [0.2, 0.25) is 0 Å². The Bertz CT molecular complexity index is 1880. The van der Waals surface area contributed by atoms with E-state index < -0.39 is 11.7 Å². The van der Waals surface area contributed by atoms with Crippen LogP contribution in [0.25, 0.3) is 0 Å². The summed E-state index contributed by atoms with van der Waals surface area (Å²) in [6.07, 6.45) is 5.99. The first-order valence-electron chi connectivity index (χ1n) is 17.0. The summed E-state index contributed by atoms with van der Waals surface area (Å²) in [5, 5.41) is 6.02. The van der Waals surface area contributed by atoms with E-state index in [1.165, 1.54) is 31.5 Å². The average molecular weight is 676 g/mol. The third-order valence-electron chi connectivity index (χ3n) is 8.52. The predicted molar refractivity (Wildman–Crippen MR) is 193 cm³/mol. The predicted octanol–water partition coefficient (Wildman–Crippen LogP) is 8.85. The van der Waals surface area contributed by atoms with Crippen LogP contribution in [-0.4, -0.2) is 47.0 Å². The zero-order chi connectivity index (χ0) is 34.7. The van der Waals surface area contributed by atoms with Crippen LogP contribution in [0, 0.1) is 19.7 Å². The van der Waals surface area contributed by atoms with E-state index in [-0.39, 0.29) is 23.1 Å². The van der Waals surface area contributed by atoms with Crippen molar-refractivity contribution in [2.45, 2.75) is 46.1 Å². The van der Waals surface area contributed by atoms with E-state index in [1.54, 1.807) is 24.3 Å². The number of halogens is 1. The number of nitrogens with one attached hydrogen (secondary N) is 2. The van der Waals surface area contributed by atoms with Gasteiger partial charge in [0, 0.05) is 30.2 Å². The first-order chi connectivity index (χ1) is 24.4. The SMILES string of the molecule is Cc1cccc(C)c1NC(=O)c1cnc(Nc2ccc(OCCCN3CCCCC3)c(F)c2)nc1Oc1ccccc1OCc1ccccc1. The zero-order valence-corrected chi connectivity index (χ0v) is 28.5. The Hall–Kier alpha value is -5.48. The second-order valence-electron chi connectivity index (χ2n) is 12.3. The Kier molecular flexibility index (Phi) is 11.5. The summed E-state index contributed by atoms with van der Waals surface area (Å²) in [5.41, 5.74) is 4.03. The van der Waals surface area contributed by atoms with Crippen molar-refractivity contribution in [1.29, 1.82) is 0 Å². The van der Waals surface area contributed by atoms with E-state index in [4.69, 9.17) is 14.2 Å². The zero-order valence-electron chi connectivity index (χ0n) is 28.5. The van der Waals surface area contributed by atoms with Gasteiger partial charge in [0.2, 0.25) is 11.8 Å². The molecule has 1 amide bonds. The number of hydrogen-bond acceptors (Lipinski definition) is 8. The Morgan fingerprint density at radius 3 is 2.34 bits per heavy atom. The second-order valence-corrected chi connectivity index (χ2v) is 12.3. The lowest BCUT2D eigenvalue weighted by Gasteiger charge is -2.26. The van der Waals surface area contributed by atoms with Crippen LogP contribution >= 0.6 is 0 Å². The minimum atomic E-state index is -0.501. The van der Waals surface area contributed by atoms with Crippen molar-refractivity contribution in [3.8, 4) is 23.1 Å². The highest BCUT2D eigenvalue weighted by Crippen LogP contribution is 2.34. The molecule has 0 aliphatic carbocycles. The normalized spacial score (nSPS) is 13.0. The van der Waals surface area contributed by atoms with Gasteiger partial charge in [0.25, 0.3) is 5.91 Å². The van der Waals surface area contributed by atoms with E-state index in [1.807, 2.05) is 74.5 Å². The maximum Gasteiger partial charge on any atom is 0.262 e. The molecule has 0 unspecified atom stereocenters. The summed E-state index contributed by atoms with van der Waals surface area (Å²) < 4.78 is 33.2. The second kappa shape index (κ2) is 16.8.